The number of benzene rings is 3. The molecule has 0 aliphatic carbocycles. The average molecular weight is 449 g/mol. The monoisotopic (exact) mass is 448 g/mol. The highest BCUT2D eigenvalue weighted by molar-refractivity contribution is 7.92. The van der Waals surface area contributed by atoms with Crippen LogP contribution in [-0.2, 0) is 16.4 Å². The molecule has 154 valence electrons. The SMILES string of the molecule is O=C(Nc1ccc2c(c1)N(S(=O)(=O)c1ccc(Cl)cc1)CC2)c1cc(F)ccc1F. The Labute approximate surface area is 177 Å². The number of carbonyl (C=O) groups is 1. The Balaban J connectivity index is 1.64. The second-order valence-electron chi connectivity index (χ2n) is 6.70. The van der Waals surface area contributed by atoms with E-state index in [-0.39, 0.29) is 17.1 Å². The average Bonchev–Trinajstić information content (AvgIpc) is 3.14. The molecule has 0 fully saturated rings. The zero-order chi connectivity index (χ0) is 21.5. The van der Waals surface area contributed by atoms with Gasteiger partial charge in [-0.25, -0.2) is 17.2 Å². The van der Waals surface area contributed by atoms with Gasteiger partial charge in [0, 0.05) is 17.3 Å². The molecule has 4 rings (SSSR count). The molecule has 0 spiro atoms. The van der Waals surface area contributed by atoms with Crippen molar-refractivity contribution in [2.75, 3.05) is 16.2 Å². The van der Waals surface area contributed by atoms with Gasteiger partial charge in [0.25, 0.3) is 15.9 Å². The lowest BCUT2D eigenvalue weighted by Crippen LogP contribution is -2.29. The van der Waals surface area contributed by atoms with Crippen molar-refractivity contribution < 1.29 is 22.0 Å². The number of sulfonamides is 1. The molecule has 0 radical (unpaired) electrons. The van der Waals surface area contributed by atoms with Crippen LogP contribution in [0.25, 0.3) is 0 Å². The fraction of sp³-hybridized carbons (Fsp3) is 0.0952. The molecule has 0 unspecified atom stereocenters. The van der Waals surface area contributed by atoms with Crippen LogP contribution in [0.2, 0.25) is 5.02 Å². The standard InChI is InChI=1S/C21H15ClF2N2O3S/c22-14-2-6-17(7-3-14)30(28,29)26-10-9-13-1-5-16(12-20(13)26)25-21(27)18-11-15(23)4-8-19(18)24/h1-8,11-12H,9-10H2,(H,25,27). The highest BCUT2D eigenvalue weighted by atomic mass is 35.5. The Morgan fingerprint density at radius 2 is 1.73 bits per heavy atom. The van der Waals surface area contributed by atoms with Crippen LogP contribution in [0.3, 0.4) is 0 Å². The number of halogens is 3. The summed E-state index contributed by atoms with van der Waals surface area (Å²) in [5, 5.41) is 2.91. The normalized spacial score (nSPS) is 13.2. The molecule has 1 aliphatic heterocycles. The fourth-order valence-corrected chi connectivity index (χ4v) is 4.90. The Morgan fingerprint density at radius 3 is 2.47 bits per heavy atom. The van der Waals surface area contributed by atoms with Crippen molar-refractivity contribution in [3.05, 3.63) is 88.4 Å². The second-order valence-corrected chi connectivity index (χ2v) is 9.00. The quantitative estimate of drug-likeness (QED) is 0.633. The van der Waals surface area contributed by atoms with Gasteiger partial charge < -0.3 is 5.32 Å². The van der Waals surface area contributed by atoms with E-state index >= 15 is 0 Å². The zero-order valence-electron chi connectivity index (χ0n) is 15.4. The van der Waals surface area contributed by atoms with Crippen LogP contribution in [0, 0.1) is 11.6 Å². The zero-order valence-corrected chi connectivity index (χ0v) is 17.0. The van der Waals surface area contributed by atoms with Gasteiger partial charge in [-0.15, -0.1) is 0 Å². The molecule has 9 heteroatoms. The van der Waals surface area contributed by atoms with Crippen molar-refractivity contribution in [3.63, 3.8) is 0 Å². The Bertz CT molecular complexity index is 1250. The molecule has 3 aromatic rings. The maximum atomic E-state index is 13.9. The van der Waals surface area contributed by atoms with Crippen LogP contribution in [0.4, 0.5) is 20.2 Å². The van der Waals surface area contributed by atoms with E-state index < -0.39 is 33.1 Å². The minimum Gasteiger partial charge on any atom is -0.322 e. The van der Waals surface area contributed by atoms with Crippen LogP contribution in [0.5, 0.6) is 0 Å². The highest BCUT2D eigenvalue weighted by Crippen LogP contribution is 2.35. The van der Waals surface area contributed by atoms with Crippen LogP contribution in [0.1, 0.15) is 15.9 Å². The van der Waals surface area contributed by atoms with E-state index in [1.165, 1.54) is 34.6 Å². The summed E-state index contributed by atoms with van der Waals surface area (Å²) in [5.41, 5.74) is 1.03. The van der Waals surface area contributed by atoms with Crippen molar-refractivity contribution in [1.29, 1.82) is 0 Å². The van der Waals surface area contributed by atoms with Crippen LogP contribution >= 0.6 is 11.6 Å². The van der Waals surface area contributed by atoms with Crippen LogP contribution in [-0.4, -0.2) is 20.9 Å². The molecule has 1 aliphatic rings. The molecule has 0 saturated heterocycles. The van der Waals surface area contributed by atoms with Crippen LogP contribution < -0.4 is 9.62 Å². The number of carbonyl (C=O) groups excluding carboxylic acids is 1. The van der Waals surface area contributed by atoms with E-state index in [1.54, 1.807) is 12.1 Å². The lowest BCUT2D eigenvalue weighted by atomic mass is 10.1. The summed E-state index contributed by atoms with van der Waals surface area (Å²) >= 11 is 5.84. The predicted octanol–water partition coefficient (Wildman–Crippen LogP) is 4.62. The summed E-state index contributed by atoms with van der Waals surface area (Å²) in [7, 11) is -3.83. The Morgan fingerprint density at radius 1 is 1.00 bits per heavy atom. The van der Waals surface area contributed by atoms with Crippen molar-refractivity contribution in [1.82, 2.24) is 0 Å². The van der Waals surface area contributed by atoms with E-state index in [4.69, 9.17) is 11.6 Å². The number of anilines is 2. The van der Waals surface area contributed by atoms with E-state index in [2.05, 4.69) is 5.32 Å². The maximum Gasteiger partial charge on any atom is 0.264 e. The Kier molecular flexibility index (Phi) is 5.21. The third-order valence-electron chi connectivity index (χ3n) is 4.77. The number of nitrogens with zero attached hydrogens (tertiary/aromatic N) is 1. The molecule has 0 aromatic heterocycles. The third-order valence-corrected chi connectivity index (χ3v) is 6.85. The summed E-state index contributed by atoms with van der Waals surface area (Å²) in [5.74, 6) is -2.44. The van der Waals surface area contributed by atoms with E-state index in [9.17, 15) is 22.0 Å². The summed E-state index contributed by atoms with van der Waals surface area (Å²) in [4.78, 5) is 12.5. The highest BCUT2D eigenvalue weighted by Gasteiger charge is 2.31. The molecule has 1 amide bonds. The van der Waals surface area contributed by atoms with Crippen molar-refractivity contribution in [2.45, 2.75) is 11.3 Å². The van der Waals surface area contributed by atoms with Gasteiger partial charge in [0.15, 0.2) is 0 Å². The predicted molar refractivity (Wildman–Crippen MR) is 110 cm³/mol. The van der Waals surface area contributed by atoms with Crippen molar-refractivity contribution >= 4 is 38.9 Å². The second kappa shape index (κ2) is 7.70. The van der Waals surface area contributed by atoms with Gasteiger partial charge in [0.1, 0.15) is 11.6 Å². The molecule has 30 heavy (non-hydrogen) atoms. The maximum absolute atomic E-state index is 13.9. The molecule has 1 N–H and O–H groups in total. The number of nitrogens with one attached hydrogen (secondary N) is 1. The van der Waals surface area contributed by atoms with Crippen molar-refractivity contribution in [3.8, 4) is 0 Å². The number of hydrogen-bond donors (Lipinski definition) is 1. The van der Waals surface area contributed by atoms with Crippen molar-refractivity contribution in [2.24, 2.45) is 0 Å². The molecular formula is C21H15ClF2N2O3S. The van der Waals surface area contributed by atoms with Gasteiger partial charge in [-0.05, 0) is 66.6 Å². The number of fused-ring (bicyclic) bond motifs is 1. The lowest BCUT2D eigenvalue weighted by Gasteiger charge is -2.20. The first kappa shape index (κ1) is 20.3. The number of rotatable bonds is 4. The first-order chi connectivity index (χ1) is 14.3. The smallest absolute Gasteiger partial charge is 0.264 e. The third kappa shape index (κ3) is 3.76. The largest absolute Gasteiger partial charge is 0.322 e. The molecule has 0 atom stereocenters. The first-order valence-corrected chi connectivity index (χ1v) is 10.7. The van der Waals surface area contributed by atoms with Crippen LogP contribution in [0.15, 0.2) is 65.6 Å². The number of hydrogen-bond acceptors (Lipinski definition) is 3. The van der Waals surface area contributed by atoms with E-state index in [0.29, 0.717) is 17.1 Å². The minimum atomic E-state index is -3.83. The van der Waals surface area contributed by atoms with E-state index in [0.717, 1.165) is 23.8 Å². The summed E-state index contributed by atoms with van der Waals surface area (Å²) < 4.78 is 54.6. The lowest BCUT2D eigenvalue weighted by molar-refractivity contribution is 0.102. The first-order valence-electron chi connectivity index (χ1n) is 8.93. The Hall–Kier alpha value is -2.97. The summed E-state index contributed by atoms with van der Waals surface area (Å²) in [6.45, 7) is 0.246. The summed E-state index contributed by atoms with van der Waals surface area (Å²) in [6.07, 6.45) is 0.509. The molecule has 0 saturated carbocycles. The molecule has 3 aromatic carbocycles. The molecule has 0 bridgehead atoms. The van der Waals surface area contributed by atoms with E-state index in [1.807, 2.05) is 0 Å². The minimum absolute atomic E-state index is 0.0935. The van der Waals surface area contributed by atoms with Gasteiger partial charge in [0.05, 0.1) is 16.1 Å². The summed E-state index contributed by atoms with van der Waals surface area (Å²) in [6, 6.07) is 13.2. The molecule has 1 heterocycles. The van der Waals surface area contributed by atoms with Gasteiger partial charge in [-0.3, -0.25) is 9.10 Å². The van der Waals surface area contributed by atoms with Gasteiger partial charge in [0.2, 0.25) is 0 Å². The van der Waals surface area contributed by atoms with Gasteiger partial charge >= 0.3 is 0 Å². The molecule has 5 nitrogen and oxygen atoms in total. The van der Waals surface area contributed by atoms with Gasteiger partial charge in [-0.2, -0.15) is 0 Å². The topological polar surface area (TPSA) is 66.5 Å². The van der Waals surface area contributed by atoms with Gasteiger partial charge in [-0.1, -0.05) is 17.7 Å². The molecular weight excluding hydrogens is 434 g/mol. The number of amides is 1. The fourth-order valence-electron chi connectivity index (χ4n) is 3.28.